The van der Waals surface area contributed by atoms with E-state index in [9.17, 15) is 12.8 Å². The third-order valence-electron chi connectivity index (χ3n) is 3.96. The normalized spacial score (nSPS) is 17.7. The molecule has 0 amide bonds. The molecule has 122 valence electrons. The Morgan fingerprint density at radius 2 is 2.00 bits per heavy atom. The van der Waals surface area contributed by atoms with Crippen LogP contribution in [0, 0.1) is 5.82 Å². The molecule has 0 radical (unpaired) electrons. The van der Waals surface area contributed by atoms with Gasteiger partial charge in [0.05, 0.1) is 5.02 Å². The maximum atomic E-state index is 13.4. The molecule has 0 aromatic heterocycles. The fraction of sp³-hybridized carbons (Fsp3) is 0.250. The topological polar surface area (TPSA) is 72.2 Å². The number of hydrogen-bond donors (Lipinski definition) is 2. The average molecular weight is 355 g/mol. The molecule has 4 nitrogen and oxygen atoms in total. The highest BCUT2D eigenvalue weighted by molar-refractivity contribution is 7.89. The van der Waals surface area contributed by atoms with Crippen molar-refractivity contribution < 1.29 is 12.8 Å². The Morgan fingerprint density at radius 3 is 2.78 bits per heavy atom. The lowest BCUT2D eigenvalue weighted by atomic mass is 9.88. The predicted octanol–water partition coefficient (Wildman–Crippen LogP) is 3.42. The van der Waals surface area contributed by atoms with Crippen molar-refractivity contribution in [2.24, 2.45) is 0 Å². The summed E-state index contributed by atoms with van der Waals surface area (Å²) in [7, 11) is -3.92. The second kappa shape index (κ2) is 6.11. The fourth-order valence-corrected chi connectivity index (χ4v) is 4.65. The zero-order valence-corrected chi connectivity index (χ0v) is 13.8. The van der Waals surface area contributed by atoms with Gasteiger partial charge in [0.2, 0.25) is 10.0 Å². The van der Waals surface area contributed by atoms with E-state index in [-0.39, 0.29) is 16.0 Å². The Labute approximate surface area is 139 Å². The van der Waals surface area contributed by atoms with Crippen LogP contribution in [0.2, 0.25) is 5.02 Å². The summed E-state index contributed by atoms with van der Waals surface area (Å²) < 4.78 is 41.1. The lowest BCUT2D eigenvalue weighted by molar-refractivity contribution is 0.507. The molecule has 0 heterocycles. The maximum absolute atomic E-state index is 13.4. The van der Waals surface area contributed by atoms with Crippen LogP contribution < -0.4 is 10.5 Å². The molecule has 1 aliphatic rings. The summed E-state index contributed by atoms with van der Waals surface area (Å²) in [6, 6.07) is 8.37. The Balaban J connectivity index is 1.95. The lowest BCUT2D eigenvalue weighted by Gasteiger charge is -2.26. The maximum Gasteiger partial charge on any atom is 0.242 e. The molecule has 3 rings (SSSR count). The summed E-state index contributed by atoms with van der Waals surface area (Å²) in [6.45, 7) is 0. The van der Waals surface area contributed by atoms with Crippen molar-refractivity contribution in [3.63, 3.8) is 0 Å². The number of halogens is 2. The standard InChI is InChI=1S/C16H16ClFN2O2S/c17-14-7-4-11(18)9-16(14)23(21,22)20-15-3-1-2-10-8-12(19)5-6-13(10)15/h4-9,15,20H,1-3,19H2. The molecule has 2 aromatic rings. The van der Waals surface area contributed by atoms with E-state index >= 15 is 0 Å². The van der Waals surface area contributed by atoms with Gasteiger partial charge in [-0.2, -0.15) is 0 Å². The Hall–Kier alpha value is -1.63. The second-order valence-corrected chi connectivity index (χ2v) is 7.69. The number of nitrogens with one attached hydrogen (secondary N) is 1. The van der Waals surface area contributed by atoms with E-state index in [0.717, 1.165) is 36.1 Å². The van der Waals surface area contributed by atoms with Gasteiger partial charge in [0.1, 0.15) is 10.7 Å². The Morgan fingerprint density at radius 1 is 1.22 bits per heavy atom. The van der Waals surface area contributed by atoms with Gasteiger partial charge in [-0.3, -0.25) is 0 Å². The summed E-state index contributed by atoms with van der Waals surface area (Å²) in [5.74, 6) is -0.647. The lowest BCUT2D eigenvalue weighted by Crippen LogP contribution is -2.31. The second-order valence-electron chi connectivity index (χ2n) is 5.60. The first-order valence-electron chi connectivity index (χ1n) is 7.22. The first-order valence-corrected chi connectivity index (χ1v) is 9.08. The Kier molecular flexibility index (Phi) is 4.31. The molecule has 0 fully saturated rings. The molecular weight excluding hydrogens is 339 g/mol. The minimum Gasteiger partial charge on any atom is -0.399 e. The molecule has 1 atom stereocenters. The van der Waals surface area contributed by atoms with E-state index in [1.807, 2.05) is 12.1 Å². The van der Waals surface area contributed by atoms with E-state index in [1.54, 1.807) is 6.07 Å². The van der Waals surface area contributed by atoms with Crippen LogP contribution in [-0.2, 0) is 16.4 Å². The molecule has 2 aromatic carbocycles. The van der Waals surface area contributed by atoms with Crippen molar-refractivity contribution in [1.82, 2.24) is 4.72 Å². The molecule has 1 aliphatic carbocycles. The van der Waals surface area contributed by atoms with Crippen LogP contribution in [0.4, 0.5) is 10.1 Å². The molecule has 0 spiro atoms. The minimum atomic E-state index is -3.92. The SMILES string of the molecule is Nc1ccc2c(c1)CCCC2NS(=O)(=O)c1cc(F)ccc1Cl. The first-order chi connectivity index (χ1) is 10.9. The third-order valence-corrected chi connectivity index (χ3v) is 5.91. The summed E-state index contributed by atoms with van der Waals surface area (Å²) in [5.41, 5.74) is 8.38. The van der Waals surface area contributed by atoms with Gasteiger partial charge in [-0.15, -0.1) is 0 Å². The van der Waals surface area contributed by atoms with Gasteiger partial charge in [-0.25, -0.2) is 17.5 Å². The Bertz CT molecular complexity index is 855. The van der Waals surface area contributed by atoms with Crippen molar-refractivity contribution >= 4 is 27.3 Å². The van der Waals surface area contributed by atoms with Crippen molar-refractivity contribution in [1.29, 1.82) is 0 Å². The highest BCUT2D eigenvalue weighted by Gasteiger charge is 2.27. The monoisotopic (exact) mass is 354 g/mol. The molecular formula is C16H16ClFN2O2S. The first kappa shape index (κ1) is 16.2. The van der Waals surface area contributed by atoms with Crippen LogP contribution in [0.5, 0.6) is 0 Å². The van der Waals surface area contributed by atoms with E-state index < -0.39 is 15.8 Å². The smallest absolute Gasteiger partial charge is 0.242 e. The number of hydrogen-bond acceptors (Lipinski definition) is 3. The average Bonchev–Trinajstić information content (AvgIpc) is 2.49. The van der Waals surface area contributed by atoms with Crippen molar-refractivity contribution in [2.45, 2.75) is 30.2 Å². The summed E-state index contributed by atoms with van der Waals surface area (Å²) >= 11 is 5.92. The van der Waals surface area contributed by atoms with Gasteiger partial charge in [0.15, 0.2) is 0 Å². The fourth-order valence-electron chi connectivity index (χ4n) is 2.89. The van der Waals surface area contributed by atoms with E-state index in [4.69, 9.17) is 17.3 Å². The summed E-state index contributed by atoms with van der Waals surface area (Å²) in [6.07, 6.45) is 2.38. The highest BCUT2D eigenvalue weighted by atomic mass is 35.5. The minimum absolute atomic E-state index is 0.00719. The van der Waals surface area contributed by atoms with Crippen molar-refractivity contribution in [2.75, 3.05) is 5.73 Å². The largest absolute Gasteiger partial charge is 0.399 e. The summed E-state index contributed by atoms with van der Waals surface area (Å²) in [5, 5.41) is -0.00719. The summed E-state index contributed by atoms with van der Waals surface area (Å²) in [4.78, 5) is -0.248. The van der Waals surface area contributed by atoms with E-state index in [0.29, 0.717) is 12.1 Å². The number of benzene rings is 2. The number of aryl methyl sites for hydroxylation is 1. The number of anilines is 1. The molecule has 1 unspecified atom stereocenters. The molecule has 3 N–H and O–H groups in total. The van der Waals surface area contributed by atoms with Crippen LogP contribution in [0.15, 0.2) is 41.3 Å². The quantitative estimate of drug-likeness (QED) is 0.829. The third kappa shape index (κ3) is 3.34. The predicted molar refractivity (Wildman–Crippen MR) is 88.3 cm³/mol. The van der Waals surface area contributed by atoms with Crippen LogP contribution in [0.1, 0.15) is 30.0 Å². The zero-order chi connectivity index (χ0) is 16.6. The molecule has 7 heteroatoms. The van der Waals surface area contributed by atoms with Crippen molar-refractivity contribution in [3.8, 4) is 0 Å². The highest BCUT2D eigenvalue weighted by Crippen LogP contribution is 2.33. The molecule has 0 bridgehead atoms. The van der Waals surface area contributed by atoms with Gasteiger partial charge >= 0.3 is 0 Å². The van der Waals surface area contributed by atoms with Gasteiger partial charge < -0.3 is 5.73 Å². The van der Waals surface area contributed by atoms with Crippen LogP contribution in [-0.4, -0.2) is 8.42 Å². The number of sulfonamides is 1. The van der Waals surface area contributed by atoms with E-state index in [2.05, 4.69) is 4.72 Å². The number of nitrogens with two attached hydrogens (primary N) is 1. The molecule has 0 saturated carbocycles. The van der Waals surface area contributed by atoms with Gasteiger partial charge in [-0.1, -0.05) is 17.7 Å². The number of rotatable bonds is 3. The van der Waals surface area contributed by atoms with Gasteiger partial charge in [0, 0.05) is 11.7 Å². The zero-order valence-electron chi connectivity index (χ0n) is 12.2. The van der Waals surface area contributed by atoms with Crippen molar-refractivity contribution in [3.05, 3.63) is 58.4 Å². The van der Waals surface area contributed by atoms with E-state index in [1.165, 1.54) is 6.07 Å². The van der Waals surface area contributed by atoms with Crippen LogP contribution >= 0.6 is 11.6 Å². The number of fused-ring (bicyclic) bond motifs is 1. The van der Waals surface area contributed by atoms with Crippen LogP contribution in [0.3, 0.4) is 0 Å². The van der Waals surface area contributed by atoms with Gasteiger partial charge in [-0.05, 0) is 60.7 Å². The van der Waals surface area contributed by atoms with Gasteiger partial charge in [0.25, 0.3) is 0 Å². The molecule has 0 saturated heterocycles. The molecule has 23 heavy (non-hydrogen) atoms. The molecule has 0 aliphatic heterocycles. The van der Waals surface area contributed by atoms with Crippen LogP contribution in [0.25, 0.3) is 0 Å². The number of nitrogen functional groups attached to an aromatic ring is 1.